The minimum absolute atomic E-state index is 0.214. The molecule has 0 aliphatic rings. The molecule has 2 nitrogen and oxygen atoms in total. The molecule has 1 rings (SSSR count). The van der Waals surface area contributed by atoms with Crippen molar-refractivity contribution in [1.82, 2.24) is 0 Å². The minimum Gasteiger partial charge on any atom is -0.396 e. The summed E-state index contributed by atoms with van der Waals surface area (Å²) in [7, 11) is 0. The van der Waals surface area contributed by atoms with Gasteiger partial charge in [-0.3, -0.25) is 0 Å². The van der Waals surface area contributed by atoms with Gasteiger partial charge in [-0.1, -0.05) is 49.4 Å². The molecule has 1 N–H and O–H groups in total. The zero-order chi connectivity index (χ0) is 11.6. The van der Waals surface area contributed by atoms with Crippen LogP contribution in [0.1, 0.15) is 18.9 Å². The molecule has 0 bridgehead atoms. The second-order valence-electron chi connectivity index (χ2n) is 3.78. The van der Waals surface area contributed by atoms with Gasteiger partial charge < -0.3 is 9.84 Å². The molecule has 0 aliphatic carbocycles. The maximum absolute atomic E-state index is 8.97. The Kier molecular flexibility index (Phi) is 6.54. The summed E-state index contributed by atoms with van der Waals surface area (Å²) in [5.74, 6) is 0.264. The van der Waals surface area contributed by atoms with Gasteiger partial charge in [0.25, 0.3) is 0 Å². The maximum atomic E-state index is 8.97. The van der Waals surface area contributed by atoms with Gasteiger partial charge in [0.2, 0.25) is 0 Å². The summed E-state index contributed by atoms with van der Waals surface area (Å²) >= 11 is 0. The third-order valence-corrected chi connectivity index (χ3v) is 2.49. The Hall–Kier alpha value is -1.12. The molecule has 0 aromatic heterocycles. The van der Waals surface area contributed by atoms with Crippen molar-refractivity contribution in [3.05, 3.63) is 48.0 Å². The van der Waals surface area contributed by atoms with Crippen molar-refractivity contribution in [1.29, 1.82) is 0 Å². The molecule has 1 atom stereocenters. The first-order chi connectivity index (χ1) is 7.86. The van der Waals surface area contributed by atoms with Crippen molar-refractivity contribution in [3.8, 4) is 0 Å². The monoisotopic (exact) mass is 220 g/mol. The summed E-state index contributed by atoms with van der Waals surface area (Å²) in [6, 6.07) is 10.1. The second kappa shape index (κ2) is 8.08. The van der Waals surface area contributed by atoms with Crippen molar-refractivity contribution in [2.75, 3.05) is 13.2 Å². The predicted molar refractivity (Wildman–Crippen MR) is 66.1 cm³/mol. The largest absolute Gasteiger partial charge is 0.396 e. The number of hydrogen-bond acceptors (Lipinski definition) is 2. The Morgan fingerprint density at radius 1 is 1.31 bits per heavy atom. The fourth-order valence-corrected chi connectivity index (χ4v) is 1.39. The zero-order valence-corrected chi connectivity index (χ0v) is 9.80. The first-order valence-electron chi connectivity index (χ1n) is 5.76. The number of rotatable bonds is 7. The van der Waals surface area contributed by atoms with Crippen LogP contribution in [0, 0.1) is 5.92 Å². The second-order valence-corrected chi connectivity index (χ2v) is 3.78. The first kappa shape index (κ1) is 12.9. The SMILES string of the molecule is CC[C@H](/C=C/COCc1ccccc1)CO. The van der Waals surface area contributed by atoms with Crippen LogP contribution in [0.15, 0.2) is 42.5 Å². The van der Waals surface area contributed by atoms with E-state index in [1.54, 1.807) is 0 Å². The smallest absolute Gasteiger partial charge is 0.0721 e. The summed E-state index contributed by atoms with van der Waals surface area (Å²) in [6.45, 7) is 3.52. The fourth-order valence-electron chi connectivity index (χ4n) is 1.39. The van der Waals surface area contributed by atoms with Crippen molar-refractivity contribution in [2.45, 2.75) is 20.0 Å². The average molecular weight is 220 g/mol. The van der Waals surface area contributed by atoms with Crippen LogP contribution in [0.5, 0.6) is 0 Å². The number of hydrogen-bond donors (Lipinski definition) is 1. The Morgan fingerprint density at radius 2 is 2.06 bits per heavy atom. The van der Waals surface area contributed by atoms with Crippen molar-refractivity contribution in [2.24, 2.45) is 5.92 Å². The van der Waals surface area contributed by atoms with Crippen LogP contribution < -0.4 is 0 Å². The highest BCUT2D eigenvalue weighted by Crippen LogP contribution is 2.03. The number of aliphatic hydroxyl groups is 1. The van der Waals surface area contributed by atoms with Gasteiger partial charge in [0.1, 0.15) is 0 Å². The molecule has 0 spiro atoms. The molecule has 0 unspecified atom stereocenters. The van der Waals surface area contributed by atoms with Crippen LogP contribution in [0.25, 0.3) is 0 Å². The van der Waals surface area contributed by atoms with Crippen LogP contribution in [0.4, 0.5) is 0 Å². The lowest BCUT2D eigenvalue weighted by atomic mass is 10.1. The van der Waals surface area contributed by atoms with Crippen molar-refractivity contribution >= 4 is 0 Å². The molecular formula is C14H20O2. The third kappa shape index (κ3) is 5.10. The normalized spacial score (nSPS) is 13.1. The van der Waals surface area contributed by atoms with E-state index in [1.165, 1.54) is 5.56 Å². The first-order valence-corrected chi connectivity index (χ1v) is 5.76. The molecular weight excluding hydrogens is 200 g/mol. The van der Waals surface area contributed by atoms with E-state index < -0.39 is 0 Å². The molecule has 0 radical (unpaired) electrons. The van der Waals surface area contributed by atoms with Crippen LogP contribution in [-0.4, -0.2) is 18.3 Å². The summed E-state index contributed by atoms with van der Waals surface area (Å²) in [5.41, 5.74) is 1.19. The Bertz CT molecular complexity index is 289. The number of benzene rings is 1. The summed E-state index contributed by atoms with van der Waals surface area (Å²) < 4.78 is 5.49. The van der Waals surface area contributed by atoms with E-state index >= 15 is 0 Å². The maximum Gasteiger partial charge on any atom is 0.0721 e. The molecule has 1 aromatic rings. The lowest BCUT2D eigenvalue weighted by Gasteiger charge is -2.04. The van der Waals surface area contributed by atoms with E-state index in [0.717, 1.165) is 6.42 Å². The average Bonchev–Trinajstić information content (AvgIpc) is 2.35. The van der Waals surface area contributed by atoms with E-state index in [-0.39, 0.29) is 12.5 Å². The summed E-state index contributed by atoms with van der Waals surface area (Å²) in [5, 5.41) is 8.97. The molecule has 2 heteroatoms. The van der Waals surface area contributed by atoms with E-state index in [2.05, 4.69) is 6.92 Å². The highest BCUT2D eigenvalue weighted by atomic mass is 16.5. The minimum atomic E-state index is 0.214. The van der Waals surface area contributed by atoms with E-state index in [4.69, 9.17) is 9.84 Å². The summed E-state index contributed by atoms with van der Waals surface area (Å²) in [4.78, 5) is 0. The van der Waals surface area contributed by atoms with Gasteiger partial charge in [0.15, 0.2) is 0 Å². The van der Waals surface area contributed by atoms with Gasteiger partial charge in [-0.25, -0.2) is 0 Å². The molecule has 16 heavy (non-hydrogen) atoms. The standard InChI is InChI=1S/C14H20O2/c1-2-13(11-15)9-6-10-16-12-14-7-4-3-5-8-14/h3-9,13,15H,2,10-12H2,1H3/b9-6+/t13-/m1/s1. The fraction of sp³-hybridized carbons (Fsp3) is 0.429. The van der Waals surface area contributed by atoms with Crippen molar-refractivity contribution < 1.29 is 9.84 Å². The Morgan fingerprint density at radius 3 is 2.69 bits per heavy atom. The van der Waals surface area contributed by atoms with Crippen LogP contribution in [0.3, 0.4) is 0 Å². The highest BCUT2D eigenvalue weighted by molar-refractivity contribution is 5.13. The van der Waals surface area contributed by atoms with Crippen LogP contribution in [-0.2, 0) is 11.3 Å². The molecule has 0 saturated heterocycles. The van der Waals surface area contributed by atoms with Crippen LogP contribution in [0.2, 0.25) is 0 Å². The molecule has 0 heterocycles. The lowest BCUT2D eigenvalue weighted by molar-refractivity contribution is 0.148. The van der Waals surface area contributed by atoms with Gasteiger partial charge in [0.05, 0.1) is 13.2 Å². The van der Waals surface area contributed by atoms with Gasteiger partial charge in [-0.05, 0) is 17.9 Å². The molecule has 88 valence electrons. The summed E-state index contributed by atoms with van der Waals surface area (Å²) in [6.07, 6.45) is 4.96. The van der Waals surface area contributed by atoms with Crippen LogP contribution >= 0.6 is 0 Å². The number of aliphatic hydroxyl groups excluding tert-OH is 1. The molecule has 0 fully saturated rings. The topological polar surface area (TPSA) is 29.5 Å². The predicted octanol–water partition coefficient (Wildman–Crippen LogP) is 2.78. The van der Waals surface area contributed by atoms with Gasteiger partial charge in [-0.15, -0.1) is 0 Å². The Balaban J connectivity index is 2.17. The quantitative estimate of drug-likeness (QED) is 0.565. The molecule has 0 amide bonds. The third-order valence-electron chi connectivity index (χ3n) is 2.49. The Labute approximate surface area is 97.6 Å². The lowest BCUT2D eigenvalue weighted by Crippen LogP contribution is -2.00. The van der Waals surface area contributed by atoms with Crippen molar-refractivity contribution in [3.63, 3.8) is 0 Å². The highest BCUT2D eigenvalue weighted by Gasteiger charge is 1.97. The van der Waals surface area contributed by atoms with Gasteiger partial charge in [-0.2, -0.15) is 0 Å². The molecule has 1 aromatic carbocycles. The molecule has 0 aliphatic heterocycles. The number of ether oxygens (including phenoxy) is 1. The van der Waals surface area contributed by atoms with Gasteiger partial charge in [0, 0.05) is 6.61 Å². The molecule has 0 saturated carbocycles. The van der Waals surface area contributed by atoms with E-state index in [9.17, 15) is 0 Å². The van der Waals surface area contributed by atoms with E-state index in [1.807, 2.05) is 42.5 Å². The van der Waals surface area contributed by atoms with Gasteiger partial charge >= 0.3 is 0 Å². The van der Waals surface area contributed by atoms with E-state index in [0.29, 0.717) is 13.2 Å². The zero-order valence-electron chi connectivity index (χ0n) is 9.80.